The van der Waals surface area contributed by atoms with Crippen molar-refractivity contribution in [1.82, 2.24) is 15.1 Å². The van der Waals surface area contributed by atoms with E-state index in [0.29, 0.717) is 16.5 Å². The minimum Gasteiger partial charge on any atom is -0.342 e. The standard InChI is InChI=1S/C18H24N4O2S/c1-10-5-6-14-13(7-10)8-15(25-14)18(24)19-9-16(23)20-17-11(2)21-22(4)12(17)3/h8,10H,5-7,9H2,1-4H3,(H,19,24)(H,20,23)/t10-/m0/s1. The lowest BCUT2D eigenvalue weighted by Gasteiger charge is -2.16. The maximum Gasteiger partial charge on any atom is 0.261 e. The van der Waals surface area contributed by atoms with Gasteiger partial charge in [0.2, 0.25) is 5.91 Å². The summed E-state index contributed by atoms with van der Waals surface area (Å²) in [7, 11) is 1.83. The first-order valence-corrected chi connectivity index (χ1v) is 9.36. The van der Waals surface area contributed by atoms with Crippen LogP contribution in [0.2, 0.25) is 0 Å². The molecule has 0 spiro atoms. The lowest BCUT2D eigenvalue weighted by molar-refractivity contribution is -0.115. The van der Waals surface area contributed by atoms with E-state index in [-0.39, 0.29) is 18.4 Å². The Labute approximate surface area is 151 Å². The van der Waals surface area contributed by atoms with Gasteiger partial charge >= 0.3 is 0 Å². The first-order chi connectivity index (χ1) is 11.8. The number of aryl methyl sites for hydroxylation is 3. The SMILES string of the molecule is Cc1nn(C)c(C)c1NC(=O)CNC(=O)c1cc2c(s1)CC[C@H](C)C2. The molecule has 2 aromatic heterocycles. The number of hydrogen-bond acceptors (Lipinski definition) is 4. The van der Waals surface area contributed by atoms with Crippen LogP contribution in [0.25, 0.3) is 0 Å². The highest BCUT2D eigenvalue weighted by Gasteiger charge is 2.21. The Morgan fingerprint density at radius 3 is 2.84 bits per heavy atom. The smallest absolute Gasteiger partial charge is 0.261 e. The zero-order valence-electron chi connectivity index (χ0n) is 15.1. The fraction of sp³-hybridized carbons (Fsp3) is 0.500. The summed E-state index contributed by atoms with van der Waals surface area (Å²) in [6.45, 7) is 5.93. The van der Waals surface area contributed by atoms with E-state index in [4.69, 9.17) is 0 Å². The van der Waals surface area contributed by atoms with Gasteiger partial charge in [0, 0.05) is 11.9 Å². The molecule has 1 aliphatic carbocycles. The topological polar surface area (TPSA) is 76.0 Å². The average Bonchev–Trinajstić information content (AvgIpc) is 3.08. The Hall–Kier alpha value is -2.15. The molecule has 7 heteroatoms. The summed E-state index contributed by atoms with van der Waals surface area (Å²) in [5.41, 5.74) is 3.65. The fourth-order valence-corrected chi connectivity index (χ4v) is 4.33. The summed E-state index contributed by atoms with van der Waals surface area (Å²) < 4.78 is 1.72. The van der Waals surface area contributed by atoms with Crippen LogP contribution in [0.3, 0.4) is 0 Å². The molecule has 1 aliphatic rings. The quantitative estimate of drug-likeness (QED) is 0.880. The second-order valence-corrected chi connectivity index (χ2v) is 7.94. The van der Waals surface area contributed by atoms with Crippen LogP contribution in [0.4, 0.5) is 5.69 Å². The molecule has 2 heterocycles. The monoisotopic (exact) mass is 360 g/mol. The van der Waals surface area contributed by atoms with E-state index in [0.717, 1.165) is 24.2 Å². The Morgan fingerprint density at radius 1 is 1.40 bits per heavy atom. The van der Waals surface area contributed by atoms with Crippen LogP contribution >= 0.6 is 11.3 Å². The summed E-state index contributed by atoms with van der Waals surface area (Å²) in [5, 5.41) is 9.81. The number of amides is 2. The number of fused-ring (bicyclic) bond motifs is 1. The highest BCUT2D eigenvalue weighted by molar-refractivity contribution is 7.14. The first-order valence-electron chi connectivity index (χ1n) is 8.55. The minimum atomic E-state index is -0.248. The van der Waals surface area contributed by atoms with E-state index in [9.17, 15) is 9.59 Å². The molecule has 0 bridgehead atoms. The van der Waals surface area contributed by atoms with E-state index in [2.05, 4.69) is 22.7 Å². The van der Waals surface area contributed by atoms with Crippen LogP contribution < -0.4 is 10.6 Å². The maximum atomic E-state index is 12.3. The van der Waals surface area contributed by atoms with Crippen molar-refractivity contribution in [3.8, 4) is 0 Å². The van der Waals surface area contributed by atoms with Crippen molar-refractivity contribution in [3.05, 3.63) is 32.8 Å². The van der Waals surface area contributed by atoms with Crippen LogP contribution in [0.1, 0.15) is 44.8 Å². The van der Waals surface area contributed by atoms with Gasteiger partial charge in [0.25, 0.3) is 5.91 Å². The summed E-state index contributed by atoms with van der Waals surface area (Å²) in [6, 6.07) is 1.98. The lowest BCUT2D eigenvalue weighted by Crippen LogP contribution is -2.32. The Balaban J connectivity index is 1.58. The van der Waals surface area contributed by atoms with Crippen LogP contribution in [-0.4, -0.2) is 28.1 Å². The van der Waals surface area contributed by atoms with Gasteiger partial charge in [0.05, 0.1) is 28.5 Å². The third-order valence-corrected chi connectivity index (χ3v) is 5.97. The molecule has 0 unspecified atom stereocenters. The number of aromatic nitrogens is 2. The van der Waals surface area contributed by atoms with Crippen LogP contribution in [-0.2, 0) is 24.7 Å². The minimum absolute atomic E-state index is 0.0500. The molecule has 134 valence electrons. The fourth-order valence-electron chi connectivity index (χ4n) is 3.20. The van der Waals surface area contributed by atoms with Crippen LogP contribution in [0, 0.1) is 19.8 Å². The maximum absolute atomic E-state index is 12.3. The molecule has 0 saturated heterocycles. The van der Waals surface area contributed by atoms with Crippen molar-refractivity contribution in [2.24, 2.45) is 13.0 Å². The molecule has 6 nitrogen and oxygen atoms in total. The Bertz CT molecular complexity index is 821. The van der Waals surface area contributed by atoms with E-state index in [1.807, 2.05) is 27.0 Å². The van der Waals surface area contributed by atoms with Crippen molar-refractivity contribution >= 4 is 28.8 Å². The number of rotatable bonds is 4. The van der Waals surface area contributed by atoms with Gasteiger partial charge < -0.3 is 10.6 Å². The van der Waals surface area contributed by atoms with E-state index >= 15 is 0 Å². The number of anilines is 1. The van der Waals surface area contributed by atoms with E-state index < -0.39 is 0 Å². The number of nitrogens with zero attached hydrogens (tertiary/aromatic N) is 2. The summed E-state index contributed by atoms with van der Waals surface area (Å²) in [4.78, 5) is 26.5. The van der Waals surface area contributed by atoms with Crippen molar-refractivity contribution in [3.63, 3.8) is 0 Å². The summed E-state index contributed by atoms with van der Waals surface area (Å²) in [5.74, 6) is 0.249. The number of carbonyl (C=O) groups is 2. The normalized spacial score (nSPS) is 16.4. The van der Waals surface area contributed by atoms with E-state index in [1.165, 1.54) is 16.9 Å². The van der Waals surface area contributed by atoms with Crippen molar-refractivity contribution < 1.29 is 9.59 Å². The molecule has 0 aromatic carbocycles. The van der Waals surface area contributed by atoms with E-state index in [1.54, 1.807) is 16.0 Å². The van der Waals surface area contributed by atoms with Crippen molar-refractivity contribution in [1.29, 1.82) is 0 Å². The zero-order chi connectivity index (χ0) is 18.1. The number of hydrogen-bond donors (Lipinski definition) is 2. The predicted molar refractivity (Wildman–Crippen MR) is 99.2 cm³/mol. The van der Waals surface area contributed by atoms with Gasteiger partial charge in [0.15, 0.2) is 0 Å². The van der Waals surface area contributed by atoms with Crippen LogP contribution in [0.15, 0.2) is 6.07 Å². The molecule has 2 N–H and O–H groups in total. The second kappa shape index (κ2) is 7.00. The predicted octanol–water partition coefficient (Wildman–Crippen LogP) is 2.59. The average molecular weight is 360 g/mol. The molecule has 2 aromatic rings. The number of nitrogens with one attached hydrogen (secondary N) is 2. The summed E-state index contributed by atoms with van der Waals surface area (Å²) >= 11 is 1.55. The highest BCUT2D eigenvalue weighted by atomic mass is 32.1. The molecule has 1 atom stereocenters. The van der Waals surface area contributed by atoms with Gasteiger partial charge in [-0.15, -0.1) is 11.3 Å². The molecule has 0 fully saturated rings. The molecule has 2 amide bonds. The highest BCUT2D eigenvalue weighted by Crippen LogP contribution is 2.32. The molecule has 0 radical (unpaired) electrons. The Morgan fingerprint density at radius 2 is 2.16 bits per heavy atom. The number of thiophene rings is 1. The molecular weight excluding hydrogens is 336 g/mol. The second-order valence-electron chi connectivity index (χ2n) is 6.81. The first kappa shape index (κ1) is 17.7. The summed E-state index contributed by atoms with van der Waals surface area (Å²) in [6.07, 6.45) is 3.27. The molecule has 3 rings (SSSR count). The van der Waals surface area contributed by atoms with Gasteiger partial charge in [-0.3, -0.25) is 14.3 Å². The third-order valence-electron chi connectivity index (χ3n) is 4.74. The van der Waals surface area contributed by atoms with Crippen molar-refractivity contribution in [2.45, 2.75) is 40.0 Å². The molecular formula is C18H24N4O2S. The Kier molecular flexibility index (Phi) is 4.94. The van der Waals surface area contributed by atoms with Gasteiger partial charge in [-0.1, -0.05) is 6.92 Å². The van der Waals surface area contributed by atoms with Gasteiger partial charge in [-0.05, 0) is 50.7 Å². The lowest BCUT2D eigenvalue weighted by atomic mass is 9.90. The number of carbonyl (C=O) groups excluding carboxylic acids is 2. The molecule has 0 aliphatic heterocycles. The third kappa shape index (κ3) is 3.76. The zero-order valence-corrected chi connectivity index (χ0v) is 15.9. The van der Waals surface area contributed by atoms with Gasteiger partial charge in [-0.25, -0.2) is 0 Å². The largest absolute Gasteiger partial charge is 0.342 e. The van der Waals surface area contributed by atoms with Gasteiger partial charge in [-0.2, -0.15) is 5.10 Å². The molecule has 25 heavy (non-hydrogen) atoms. The van der Waals surface area contributed by atoms with Crippen LogP contribution in [0.5, 0.6) is 0 Å². The van der Waals surface area contributed by atoms with Gasteiger partial charge in [0.1, 0.15) is 0 Å². The molecule has 0 saturated carbocycles. The van der Waals surface area contributed by atoms with Crippen molar-refractivity contribution in [2.75, 3.05) is 11.9 Å².